The minimum absolute atomic E-state index is 0.253. The minimum Gasteiger partial charge on any atom is -0.323 e. The van der Waals surface area contributed by atoms with Crippen LogP contribution in [0.1, 0.15) is 32.4 Å². The Balaban J connectivity index is 2.58. The van der Waals surface area contributed by atoms with Crippen molar-refractivity contribution in [3.05, 3.63) is 35.4 Å². The van der Waals surface area contributed by atoms with Gasteiger partial charge >= 0.3 is 0 Å². The lowest BCUT2D eigenvalue weighted by atomic mass is 10.1. The highest BCUT2D eigenvalue weighted by Crippen LogP contribution is 2.24. The van der Waals surface area contributed by atoms with Crippen molar-refractivity contribution in [2.24, 2.45) is 11.7 Å². The second-order valence-corrected chi connectivity index (χ2v) is 5.97. The molecule has 2 atom stereocenters. The number of thioether (sulfide) groups is 1. The zero-order valence-corrected chi connectivity index (χ0v) is 11.2. The molecule has 96 valence electrons. The third-order valence-electron chi connectivity index (χ3n) is 2.85. The van der Waals surface area contributed by atoms with Crippen LogP contribution >= 0.6 is 11.8 Å². The fourth-order valence-corrected chi connectivity index (χ4v) is 2.38. The molecule has 0 aromatic heterocycles. The molecule has 0 bridgehead atoms. The van der Waals surface area contributed by atoms with Crippen molar-refractivity contribution < 1.29 is 8.78 Å². The second kappa shape index (κ2) is 6.36. The van der Waals surface area contributed by atoms with Crippen molar-refractivity contribution in [3.63, 3.8) is 0 Å². The summed E-state index contributed by atoms with van der Waals surface area (Å²) in [6, 6.07) is 3.60. The molecule has 0 saturated carbocycles. The molecule has 0 fully saturated rings. The molecule has 0 spiro atoms. The molecule has 0 aliphatic heterocycles. The van der Waals surface area contributed by atoms with Gasteiger partial charge < -0.3 is 5.73 Å². The zero-order chi connectivity index (χ0) is 13.0. The summed E-state index contributed by atoms with van der Waals surface area (Å²) in [4.78, 5) is 0. The van der Waals surface area contributed by atoms with E-state index in [0.717, 1.165) is 6.07 Å². The zero-order valence-electron chi connectivity index (χ0n) is 10.4. The molecule has 1 nitrogen and oxygen atoms in total. The van der Waals surface area contributed by atoms with E-state index in [2.05, 4.69) is 20.8 Å². The lowest BCUT2D eigenvalue weighted by molar-refractivity contribution is 0.506. The molecule has 2 N–H and O–H groups in total. The van der Waals surface area contributed by atoms with Gasteiger partial charge in [-0.05, 0) is 23.6 Å². The smallest absolute Gasteiger partial charge is 0.159 e. The van der Waals surface area contributed by atoms with E-state index in [-0.39, 0.29) is 6.04 Å². The summed E-state index contributed by atoms with van der Waals surface area (Å²) in [6.45, 7) is 6.45. The second-order valence-electron chi connectivity index (χ2n) is 4.56. The quantitative estimate of drug-likeness (QED) is 0.871. The van der Waals surface area contributed by atoms with Crippen LogP contribution in [-0.4, -0.2) is 11.0 Å². The Kier molecular flexibility index (Phi) is 5.40. The summed E-state index contributed by atoms with van der Waals surface area (Å²) in [7, 11) is 0. The monoisotopic (exact) mass is 259 g/mol. The van der Waals surface area contributed by atoms with Gasteiger partial charge in [0.1, 0.15) is 0 Å². The van der Waals surface area contributed by atoms with Gasteiger partial charge in [-0.1, -0.05) is 26.8 Å². The summed E-state index contributed by atoms with van der Waals surface area (Å²) < 4.78 is 25.8. The van der Waals surface area contributed by atoms with Gasteiger partial charge in [-0.3, -0.25) is 0 Å². The minimum atomic E-state index is -0.833. The van der Waals surface area contributed by atoms with Crippen LogP contribution in [0.3, 0.4) is 0 Å². The maximum absolute atomic E-state index is 13.0. The van der Waals surface area contributed by atoms with E-state index in [1.54, 1.807) is 17.8 Å². The van der Waals surface area contributed by atoms with Gasteiger partial charge in [0.05, 0.1) is 0 Å². The Bertz CT molecular complexity index is 368. The Morgan fingerprint density at radius 2 is 1.82 bits per heavy atom. The van der Waals surface area contributed by atoms with E-state index in [9.17, 15) is 8.78 Å². The molecule has 2 unspecified atom stereocenters. The van der Waals surface area contributed by atoms with Crippen LogP contribution in [0.4, 0.5) is 8.78 Å². The Hall–Kier alpha value is -0.610. The van der Waals surface area contributed by atoms with Gasteiger partial charge in [0, 0.05) is 17.0 Å². The lowest BCUT2D eigenvalue weighted by Gasteiger charge is -2.18. The standard InChI is InChI=1S/C13H19F2NS/c1-8(2)9(3)17-7-13(16)10-4-5-11(14)12(15)6-10/h4-6,8-9,13H,7,16H2,1-3H3. The average Bonchev–Trinajstić information content (AvgIpc) is 2.28. The summed E-state index contributed by atoms with van der Waals surface area (Å²) in [5.41, 5.74) is 6.60. The van der Waals surface area contributed by atoms with Crippen molar-refractivity contribution >= 4 is 11.8 Å². The van der Waals surface area contributed by atoms with Crippen molar-refractivity contribution in [2.75, 3.05) is 5.75 Å². The molecule has 0 heterocycles. The van der Waals surface area contributed by atoms with Crippen LogP contribution in [0.2, 0.25) is 0 Å². The predicted molar refractivity (Wildman–Crippen MR) is 70.0 cm³/mol. The van der Waals surface area contributed by atoms with Crippen molar-refractivity contribution in [1.29, 1.82) is 0 Å². The summed E-state index contributed by atoms with van der Waals surface area (Å²) in [6.07, 6.45) is 0. The van der Waals surface area contributed by atoms with E-state index in [1.807, 2.05) is 0 Å². The Morgan fingerprint density at radius 1 is 1.18 bits per heavy atom. The molecule has 1 rings (SSSR count). The van der Waals surface area contributed by atoms with Gasteiger partial charge in [0.2, 0.25) is 0 Å². The fourth-order valence-electron chi connectivity index (χ4n) is 1.29. The molecule has 0 radical (unpaired) electrons. The highest BCUT2D eigenvalue weighted by atomic mass is 32.2. The third kappa shape index (κ3) is 4.28. The topological polar surface area (TPSA) is 26.0 Å². The molecule has 0 aliphatic rings. The third-order valence-corrected chi connectivity index (χ3v) is 4.47. The summed E-state index contributed by atoms with van der Waals surface area (Å²) in [5.74, 6) is -0.370. The number of hydrogen-bond donors (Lipinski definition) is 1. The van der Waals surface area contributed by atoms with Gasteiger partial charge in [-0.2, -0.15) is 11.8 Å². The number of halogens is 2. The first-order chi connectivity index (χ1) is 7.91. The number of hydrogen-bond acceptors (Lipinski definition) is 2. The molecule has 0 saturated heterocycles. The van der Waals surface area contributed by atoms with E-state index < -0.39 is 11.6 Å². The molecule has 1 aromatic rings. The van der Waals surface area contributed by atoms with Crippen LogP contribution in [0.25, 0.3) is 0 Å². The lowest BCUT2D eigenvalue weighted by Crippen LogP contribution is -2.16. The Morgan fingerprint density at radius 3 is 2.35 bits per heavy atom. The first-order valence-corrected chi connectivity index (χ1v) is 6.78. The molecule has 0 aliphatic carbocycles. The van der Waals surface area contributed by atoms with Gasteiger partial charge in [0.15, 0.2) is 11.6 Å². The Labute approximate surface area is 106 Å². The normalized spacial score (nSPS) is 15.0. The van der Waals surface area contributed by atoms with Gasteiger partial charge in [-0.25, -0.2) is 8.78 Å². The van der Waals surface area contributed by atoms with Crippen LogP contribution < -0.4 is 5.73 Å². The SMILES string of the molecule is CC(C)C(C)SCC(N)c1ccc(F)c(F)c1. The highest BCUT2D eigenvalue weighted by molar-refractivity contribution is 7.99. The van der Waals surface area contributed by atoms with Gasteiger partial charge in [0.25, 0.3) is 0 Å². The highest BCUT2D eigenvalue weighted by Gasteiger charge is 2.13. The number of nitrogens with two attached hydrogens (primary N) is 1. The van der Waals surface area contributed by atoms with Crippen LogP contribution in [0.5, 0.6) is 0 Å². The first-order valence-electron chi connectivity index (χ1n) is 5.74. The van der Waals surface area contributed by atoms with Crippen LogP contribution in [-0.2, 0) is 0 Å². The maximum atomic E-state index is 13.0. The van der Waals surface area contributed by atoms with Crippen LogP contribution in [0.15, 0.2) is 18.2 Å². The molecule has 1 aromatic carbocycles. The average molecular weight is 259 g/mol. The molecule has 4 heteroatoms. The molecule has 17 heavy (non-hydrogen) atoms. The van der Waals surface area contributed by atoms with Crippen molar-refractivity contribution in [1.82, 2.24) is 0 Å². The van der Waals surface area contributed by atoms with Crippen LogP contribution in [0, 0.1) is 17.6 Å². The predicted octanol–water partition coefficient (Wildman–Crippen LogP) is 3.74. The van der Waals surface area contributed by atoms with E-state index >= 15 is 0 Å². The van der Waals surface area contributed by atoms with E-state index in [1.165, 1.54) is 6.07 Å². The van der Waals surface area contributed by atoms with E-state index in [4.69, 9.17) is 5.73 Å². The van der Waals surface area contributed by atoms with Crippen molar-refractivity contribution in [2.45, 2.75) is 32.1 Å². The summed E-state index contributed by atoms with van der Waals surface area (Å²) >= 11 is 1.76. The number of rotatable bonds is 5. The number of benzene rings is 1. The van der Waals surface area contributed by atoms with Crippen molar-refractivity contribution in [3.8, 4) is 0 Å². The molecule has 0 amide bonds. The summed E-state index contributed by atoms with van der Waals surface area (Å²) in [5, 5.41) is 0.506. The molecular weight excluding hydrogens is 240 g/mol. The first kappa shape index (κ1) is 14.5. The molecular formula is C13H19F2NS. The maximum Gasteiger partial charge on any atom is 0.159 e. The van der Waals surface area contributed by atoms with Gasteiger partial charge in [-0.15, -0.1) is 0 Å². The fraction of sp³-hybridized carbons (Fsp3) is 0.538. The van der Waals surface area contributed by atoms with E-state index in [0.29, 0.717) is 22.5 Å². The largest absolute Gasteiger partial charge is 0.323 e.